The smallest absolute Gasteiger partial charge is 0.319 e. The third kappa shape index (κ3) is 5.14. The first-order chi connectivity index (χ1) is 15.5. The number of amides is 2. The van der Waals surface area contributed by atoms with E-state index in [0.717, 1.165) is 5.56 Å². The summed E-state index contributed by atoms with van der Waals surface area (Å²) in [4.78, 5) is 50.3. The van der Waals surface area contributed by atoms with Crippen LogP contribution in [-0.2, 0) is 35.3 Å². The van der Waals surface area contributed by atoms with Crippen LogP contribution in [0.3, 0.4) is 0 Å². The van der Waals surface area contributed by atoms with E-state index in [4.69, 9.17) is 14.2 Å². The van der Waals surface area contributed by atoms with Gasteiger partial charge in [-0.3, -0.25) is 24.5 Å². The van der Waals surface area contributed by atoms with E-state index in [9.17, 15) is 19.2 Å². The van der Waals surface area contributed by atoms with Crippen molar-refractivity contribution in [3.8, 4) is 5.75 Å². The number of imide groups is 1. The first kappa shape index (κ1) is 23.0. The Balaban J connectivity index is 1.90. The maximum absolute atomic E-state index is 12.6. The molecule has 0 spiro atoms. The van der Waals surface area contributed by atoms with Crippen LogP contribution in [0.5, 0.6) is 5.75 Å². The van der Waals surface area contributed by atoms with Crippen LogP contribution in [0.2, 0.25) is 0 Å². The van der Waals surface area contributed by atoms with Crippen molar-refractivity contribution >= 4 is 23.8 Å². The molecule has 1 aliphatic rings. The number of benzene rings is 2. The highest BCUT2D eigenvalue weighted by Crippen LogP contribution is 2.38. The molecule has 8 nitrogen and oxygen atoms in total. The molecule has 1 saturated heterocycles. The zero-order valence-corrected chi connectivity index (χ0v) is 17.9. The molecule has 1 fully saturated rings. The summed E-state index contributed by atoms with van der Waals surface area (Å²) < 4.78 is 15.9. The van der Waals surface area contributed by atoms with Gasteiger partial charge in [0.1, 0.15) is 24.2 Å². The summed E-state index contributed by atoms with van der Waals surface area (Å²) in [7, 11) is 0. The summed E-state index contributed by atoms with van der Waals surface area (Å²) >= 11 is 0. The Bertz CT molecular complexity index is 936. The molecule has 8 heteroatoms. The quantitative estimate of drug-likeness (QED) is 0.382. The molecule has 1 heterocycles. The number of piperidine rings is 1. The molecule has 0 aromatic heterocycles. The highest BCUT2D eigenvalue weighted by atomic mass is 16.5. The molecular formula is C24H25NO7. The maximum Gasteiger partial charge on any atom is 0.319 e. The molecule has 3 rings (SSSR count). The Labute approximate surface area is 185 Å². The van der Waals surface area contributed by atoms with Gasteiger partial charge in [-0.1, -0.05) is 42.5 Å². The fourth-order valence-electron chi connectivity index (χ4n) is 3.68. The number of nitrogens with one attached hydrogen (secondary N) is 1. The van der Waals surface area contributed by atoms with Crippen LogP contribution in [0.1, 0.15) is 30.9 Å². The highest BCUT2D eigenvalue weighted by Gasteiger charge is 2.52. The second-order valence-corrected chi connectivity index (χ2v) is 7.18. The van der Waals surface area contributed by atoms with Gasteiger partial charge in [0.05, 0.1) is 13.2 Å². The Morgan fingerprint density at radius 1 is 0.812 bits per heavy atom. The minimum Gasteiger partial charge on any atom is -0.489 e. The maximum atomic E-state index is 12.6. The molecule has 168 valence electrons. The fourth-order valence-corrected chi connectivity index (χ4v) is 3.68. The lowest BCUT2D eigenvalue weighted by molar-refractivity contribution is -0.163. The first-order valence-electron chi connectivity index (χ1n) is 10.4. The standard InChI is InChI=1S/C24H25NO7/c1-3-30-23(28)19-18(20(24(29)31-4-2)22(27)25-21(19)26)16-10-12-17(13-11-16)32-14-15-8-6-5-7-9-15/h5-13,18-20H,3-4,14H2,1-2H3,(H,25,26,27)/t18?,19-,20+. The SMILES string of the molecule is CCOC(=O)[C@H]1C(=O)NC(=O)[C@@H](C(=O)OCC)C1c1ccc(OCc2ccccc2)cc1. The average Bonchev–Trinajstić information content (AvgIpc) is 2.78. The van der Waals surface area contributed by atoms with Crippen LogP contribution in [0, 0.1) is 11.8 Å². The van der Waals surface area contributed by atoms with Gasteiger partial charge in [0.15, 0.2) is 0 Å². The van der Waals surface area contributed by atoms with Crippen LogP contribution in [0.4, 0.5) is 0 Å². The van der Waals surface area contributed by atoms with Gasteiger partial charge in [-0.05, 0) is 37.1 Å². The second-order valence-electron chi connectivity index (χ2n) is 7.18. The van der Waals surface area contributed by atoms with Crippen molar-refractivity contribution in [1.29, 1.82) is 0 Å². The third-order valence-corrected chi connectivity index (χ3v) is 5.12. The minimum atomic E-state index is -1.36. The lowest BCUT2D eigenvalue weighted by Crippen LogP contribution is -2.56. The van der Waals surface area contributed by atoms with Crippen molar-refractivity contribution in [1.82, 2.24) is 5.32 Å². The van der Waals surface area contributed by atoms with Crippen LogP contribution in [0.25, 0.3) is 0 Å². The van der Waals surface area contributed by atoms with Gasteiger partial charge in [0, 0.05) is 5.92 Å². The van der Waals surface area contributed by atoms with Crippen molar-refractivity contribution in [2.45, 2.75) is 26.4 Å². The molecule has 1 unspecified atom stereocenters. The number of ether oxygens (including phenoxy) is 3. The van der Waals surface area contributed by atoms with Gasteiger partial charge in [0.25, 0.3) is 0 Å². The van der Waals surface area contributed by atoms with Gasteiger partial charge in [-0.2, -0.15) is 0 Å². The molecule has 1 N–H and O–H groups in total. The lowest BCUT2D eigenvalue weighted by atomic mass is 9.73. The molecule has 0 bridgehead atoms. The monoisotopic (exact) mass is 439 g/mol. The normalized spacial score (nSPS) is 20.2. The van der Waals surface area contributed by atoms with E-state index < -0.39 is 41.5 Å². The second kappa shape index (κ2) is 10.6. The number of hydrogen-bond acceptors (Lipinski definition) is 7. The molecule has 2 aromatic rings. The van der Waals surface area contributed by atoms with Gasteiger partial charge in [0.2, 0.25) is 11.8 Å². The van der Waals surface area contributed by atoms with Crippen molar-refractivity contribution in [3.63, 3.8) is 0 Å². The predicted octanol–water partition coefficient (Wildman–Crippen LogP) is 2.36. The van der Waals surface area contributed by atoms with Crippen molar-refractivity contribution in [3.05, 3.63) is 65.7 Å². The summed E-state index contributed by atoms with van der Waals surface area (Å²) in [6, 6.07) is 16.2. The van der Waals surface area contributed by atoms with E-state index in [1.807, 2.05) is 30.3 Å². The largest absolute Gasteiger partial charge is 0.489 e. The zero-order valence-electron chi connectivity index (χ0n) is 17.9. The van der Waals surface area contributed by atoms with Crippen molar-refractivity contribution in [2.75, 3.05) is 13.2 Å². The first-order valence-corrected chi connectivity index (χ1v) is 10.4. The molecule has 3 atom stereocenters. The third-order valence-electron chi connectivity index (χ3n) is 5.12. The predicted molar refractivity (Wildman–Crippen MR) is 113 cm³/mol. The van der Waals surface area contributed by atoms with E-state index in [-0.39, 0.29) is 13.2 Å². The van der Waals surface area contributed by atoms with E-state index in [1.54, 1.807) is 38.1 Å². The fraction of sp³-hybridized carbons (Fsp3) is 0.333. The van der Waals surface area contributed by atoms with E-state index in [2.05, 4.69) is 5.32 Å². The highest BCUT2D eigenvalue weighted by molar-refractivity contribution is 6.14. The molecule has 0 radical (unpaired) electrons. The molecule has 2 amide bonds. The van der Waals surface area contributed by atoms with Crippen LogP contribution in [-0.4, -0.2) is 37.0 Å². The van der Waals surface area contributed by atoms with Gasteiger partial charge in [-0.25, -0.2) is 0 Å². The molecule has 32 heavy (non-hydrogen) atoms. The zero-order chi connectivity index (χ0) is 23.1. The number of rotatable bonds is 8. The summed E-state index contributed by atoms with van der Waals surface area (Å²) in [6.07, 6.45) is 0. The van der Waals surface area contributed by atoms with Gasteiger partial charge in [-0.15, -0.1) is 0 Å². The summed E-state index contributed by atoms with van der Waals surface area (Å²) in [5.41, 5.74) is 1.45. The van der Waals surface area contributed by atoms with Crippen LogP contribution < -0.4 is 10.1 Å². The molecule has 0 saturated carbocycles. The van der Waals surface area contributed by atoms with Crippen molar-refractivity contribution < 1.29 is 33.4 Å². The topological polar surface area (TPSA) is 108 Å². The minimum absolute atomic E-state index is 0.0552. The molecular weight excluding hydrogens is 414 g/mol. The summed E-state index contributed by atoms with van der Waals surface area (Å²) in [5, 5.41) is 2.10. The van der Waals surface area contributed by atoms with Crippen molar-refractivity contribution in [2.24, 2.45) is 11.8 Å². The summed E-state index contributed by atoms with van der Waals surface area (Å²) in [6.45, 7) is 3.70. The lowest BCUT2D eigenvalue weighted by Gasteiger charge is -2.34. The summed E-state index contributed by atoms with van der Waals surface area (Å²) in [5.74, 6) is -6.44. The Hall–Kier alpha value is -3.68. The Kier molecular flexibility index (Phi) is 7.59. The van der Waals surface area contributed by atoms with E-state index in [0.29, 0.717) is 17.9 Å². The van der Waals surface area contributed by atoms with Crippen LogP contribution in [0.15, 0.2) is 54.6 Å². The van der Waals surface area contributed by atoms with E-state index in [1.165, 1.54) is 0 Å². The van der Waals surface area contributed by atoms with Gasteiger partial charge < -0.3 is 14.2 Å². The Morgan fingerprint density at radius 3 is 1.84 bits per heavy atom. The average molecular weight is 439 g/mol. The number of carbonyl (C=O) groups is 4. The number of esters is 2. The van der Waals surface area contributed by atoms with Gasteiger partial charge >= 0.3 is 11.9 Å². The number of carbonyl (C=O) groups excluding carboxylic acids is 4. The molecule has 1 aliphatic heterocycles. The number of hydrogen-bond donors (Lipinski definition) is 1. The van der Waals surface area contributed by atoms with Crippen LogP contribution >= 0.6 is 0 Å². The Morgan fingerprint density at radius 2 is 1.34 bits per heavy atom. The molecule has 0 aliphatic carbocycles. The van der Waals surface area contributed by atoms with E-state index >= 15 is 0 Å². The molecule has 2 aromatic carbocycles.